The van der Waals surface area contributed by atoms with Gasteiger partial charge in [0, 0.05) is 18.8 Å². The number of hydrogen-bond donors (Lipinski definition) is 2. The van der Waals surface area contributed by atoms with E-state index in [1.165, 1.54) is 4.31 Å². The van der Waals surface area contributed by atoms with Crippen molar-refractivity contribution in [3.63, 3.8) is 0 Å². The number of sulfonamides is 1. The number of amides is 1. The predicted molar refractivity (Wildman–Crippen MR) is 121 cm³/mol. The normalized spacial score (nSPS) is 27.8. The van der Waals surface area contributed by atoms with Gasteiger partial charge in [0.25, 0.3) is 11.8 Å². The largest absolute Gasteiger partial charge is 0.420 e. The van der Waals surface area contributed by atoms with Crippen LogP contribution < -0.4 is 10.7 Å². The van der Waals surface area contributed by atoms with E-state index in [0.29, 0.717) is 30.6 Å². The smallest absolute Gasteiger partial charge is 0.406 e. The highest BCUT2D eigenvalue weighted by Gasteiger charge is 2.58. The summed E-state index contributed by atoms with van der Waals surface area (Å²) in [6.45, 7) is 2.14. The Balaban J connectivity index is 1.44. The van der Waals surface area contributed by atoms with Gasteiger partial charge in [0.15, 0.2) is 0 Å². The molecule has 36 heavy (non-hydrogen) atoms. The lowest BCUT2D eigenvalue weighted by Gasteiger charge is -2.34. The second-order valence-corrected chi connectivity index (χ2v) is 11.2. The van der Waals surface area contributed by atoms with Gasteiger partial charge in [0.05, 0.1) is 18.1 Å². The van der Waals surface area contributed by atoms with Gasteiger partial charge in [-0.3, -0.25) is 4.79 Å². The third kappa shape index (κ3) is 4.37. The highest BCUT2D eigenvalue weighted by molar-refractivity contribution is 7.88. The van der Waals surface area contributed by atoms with Crippen LogP contribution in [-0.2, 0) is 14.8 Å². The van der Waals surface area contributed by atoms with E-state index >= 15 is 0 Å². The van der Waals surface area contributed by atoms with E-state index in [1.54, 1.807) is 37.3 Å². The molecule has 2 saturated heterocycles. The number of hydrazine groups is 1. The minimum atomic E-state index is -4.61. The molecule has 3 aliphatic heterocycles. The molecule has 5 rings (SSSR count). The molecule has 10 nitrogen and oxygen atoms in total. The first-order valence-corrected chi connectivity index (χ1v) is 13.3. The van der Waals surface area contributed by atoms with Gasteiger partial charge in [0.1, 0.15) is 17.8 Å². The lowest BCUT2D eigenvalue weighted by Crippen LogP contribution is -2.54. The summed E-state index contributed by atoms with van der Waals surface area (Å²) in [5, 5.41) is 12.0. The highest BCUT2D eigenvalue weighted by atomic mass is 32.2. The zero-order valence-electron chi connectivity index (χ0n) is 19.5. The number of halogens is 3. The Hall–Kier alpha value is -2.97. The van der Waals surface area contributed by atoms with Gasteiger partial charge in [-0.1, -0.05) is 30.3 Å². The van der Waals surface area contributed by atoms with Gasteiger partial charge in [-0.05, 0) is 25.3 Å². The van der Waals surface area contributed by atoms with Crippen molar-refractivity contribution >= 4 is 21.5 Å². The van der Waals surface area contributed by atoms with Crippen LogP contribution >= 0.6 is 0 Å². The molecule has 1 aromatic heterocycles. The maximum absolute atomic E-state index is 14.0. The monoisotopic (exact) mass is 526 g/mol. The van der Waals surface area contributed by atoms with Crippen LogP contribution in [0.2, 0.25) is 0 Å². The Morgan fingerprint density at radius 1 is 1.17 bits per heavy atom. The first kappa shape index (κ1) is 24.7. The fourth-order valence-electron chi connectivity index (χ4n) is 5.09. The van der Waals surface area contributed by atoms with Gasteiger partial charge in [-0.25, -0.2) is 23.2 Å². The minimum absolute atomic E-state index is 0.0390. The molecule has 4 atom stereocenters. The summed E-state index contributed by atoms with van der Waals surface area (Å²) in [5.41, 5.74) is 3.05. The number of nitrogens with zero attached hydrogens (tertiary/aromatic N) is 4. The molecule has 0 bridgehead atoms. The van der Waals surface area contributed by atoms with Crippen LogP contribution in [0.4, 0.5) is 13.2 Å². The molecule has 0 radical (unpaired) electrons. The van der Waals surface area contributed by atoms with Crippen LogP contribution in [0, 0.1) is 0 Å². The van der Waals surface area contributed by atoms with E-state index < -0.39 is 40.2 Å². The Kier molecular flexibility index (Phi) is 6.08. The molecule has 14 heteroatoms. The van der Waals surface area contributed by atoms with Crippen molar-refractivity contribution in [1.82, 2.24) is 30.3 Å². The van der Waals surface area contributed by atoms with Crippen LogP contribution in [0.25, 0.3) is 5.57 Å². The van der Waals surface area contributed by atoms with Crippen LogP contribution in [0.5, 0.6) is 0 Å². The molecule has 3 aliphatic rings. The molecular weight excluding hydrogens is 501 g/mol. The quantitative estimate of drug-likeness (QED) is 0.620. The first-order valence-electron chi connectivity index (χ1n) is 11.4. The van der Waals surface area contributed by atoms with Crippen molar-refractivity contribution in [2.75, 3.05) is 19.3 Å². The molecule has 2 fully saturated rings. The third-order valence-corrected chi connectivity index (χ3v) is 8.09. The average molecular weight is 527 g/mol. The van der Waals surface area contributed by atoms with E-state index in [1.807, 2.05) is 0 Å². The highest BCUT2D eigenvalue weighted by Crippen LogP contribution is 2.42. The summed E-state index contributed by atoms with van der Waals surface area (Å²) in [5.74, 6) is -2.12. The lowest BCUT2D eigenvalue weighted by atomic mass is 9.89. The van der Waals surface area contributed by atoms with Gasteiger partial charge in [-0.2, -0.15) is 13.2 Å². The van der Waals surface area contributed by atoms with Crippen molar-refractivity contribution in [2.45, 2.75) is 50.0 Å². The Labute approximate surface area is 205 Å². The molecule has 4 unspecified atom stereocenters. The summed E-state index contributed by atoms with van der Waals surface area (Å²) in [4.78, 5) is 13.4. The van der Waals surface area contributed by atoms with E-state index in [2.05, 4.69) is 20.9 Å². The third-order valence-electron chi connectivity index (χ3n) is 6.82. The van der Waals surface area contributed by atoms with Gasteiger partial charge in [0.2, 0.25) is 15.9 Å². The second kappa shape index (κ2) is 8.85. The molecule has 194 valence electrons. The van der Waals surface area contributed by atoms with Crippen LogP contribution in [0.3, 0.4) is 0 Å². The topological polar surface area (TPSA) is 121 Å². The number of fused-ring (bicyclic) bond motifs is 1. The van der Waals surface area contributed by atoms with Crippen LogP contribution in [-0.4, -0.2) is 71.6 Å². The van der Waals surface area contributed by atoms with Crippen molar-refractivity contribution in [3.05, 3.63) is 53.4 Å². The molecule has 1 aromatic carbocycles. The van der Waals surface area contributed by atoms with Crippen molar-refractivity contribution in [2.24, 2.45) is 0 Å². The SMILES string of the molecule is CC1=C(c2nnc(C3CCCN(S(C)(=O)=O)C3)o2)C(=O)N2NC(C(F)(F)F)C(c3ccccc3)C2N1. The van der Waals surface area contributed by atoms with Gasteiger partial charge >= 0.3 is 6.18 Å². The minimum Gasteiger partial charge on any atom is -0.420 e. The van der Waals surface area contributed by atoms with Gasteiger partial charge < -0.3 is 9.73 Å². The fourth-order valence-corrected chi connectivity index (χ4v) is 6.00. The van der Waals surface area contributed by atoms with Crippen molar-refractivity contribution in [3.8, 4) is 0 Å². The van der Waals surface area contributed by atoms with E-state index in [-0.39, 0.29) is 29.8 Å². The molecule has 1 amide bonds. The number of nitrogens with one attached hydrogen (secondary N) is 2. The fraction of sp³-hybridized carbons (Fsp3) is 0.500. The molecular formula is C22H25F3N6O4S. The molecule has 0 aliphatic carbocycles. The Bertz CT molecular complexity index is 1300. The van der Waals surface area contributed by atoms with Crippen molar-refractivity contribution in [1.29, 1.82) is 0 Å². The maximum Gasteiger partial charge on any atom is 0.406 e. The number of carbonyl (C=O) groups is 1. The van der Waals surface area contributed by atoms with E-state index in [9.17, 15) is 26.4 Å². The Morgan fingerprint density at radius 2 is 1.89 bits per heavy atom. The van der Waals surface area contributed by atoms with Crippen LogP contribution in [0.15, 0.2) is 40.4 Å². The van der Waals surface area contributed by atoms with Crippen LogP contribution in [0.1, 0.15) is 48.9 Å². The number of carbonyl (C=O) groups excluding carboxylic acids is 1. The van der Waals surface area contributed by atoms with E-state index in [0.717, 1.165) is 11.3 Å². The number of piperidine rings is 1. The summed E-state index contributed by atoms with van der Waals surface area (Å²) >= 11 is 0. The number of allylic oxidation sites excluding steroid dienone is 1. The zero-order chi connectivity index (χ0) is 25.8. The molecule has 0 saturated carbocycles. The standard InChI is InChI=1S/C22H25F3N6O4S/c1-12-15(20-28-27-19(35-20)14-9-6-10-30(11-14)36(2,33)34)21(32)31-18(26-12)16(13-7-4-3-5-8-13)17(29-31)22(23,24)25/h3-5,7-8,14,16-18,26,29H,6,9-11H2,1-2H3. The summed E-state index contributed by atoms with van der Waals surface area (Å²) in [7, 11) is -3.39. The zero-order valence-corrected chi connectivity index (χ0v) is 20.3. The number of hydrogen-bond acceptors (Lipinski definition) is 8. The molecule has 2 aromatic rings. The molecule has 2 N–H and O–H groups in total. The average Bonchev–Trinajstić information content (AvgIpc) is 3.45. The molecule has 0 spiro atoms. The van der Waals surface area contributed by atoms with Gasteiger partial charge in [-0.15, -0.1) is 10.2 Å². The lowest BCUT2D eigenvalue weighted by molar-refractivity contribution is -0.161. The second-order valence-electron chi connectivity index (χ2n) is 9.25. The summed E-state index contributed by atoms with van der Waals surface area (Å²) in [6, 6.07) is 6.23. The summed E-state index contributed by atoms with van der Waals surface area (Å²) < 4.78 is 72.9. The number of benzene rings is 1. The number of alkyl halides is 3. The van der Waals surface area contributed by atoms with Crippen molar-refractivity contribution < 1.29 is 30.8 Å². The number of aromatic nitrogens is 2. The summed E-state index contributed by atoms with van der Waals surface area (Å²) in [6.07, 6.45) is -3.24. The predicted octanol–water partition coefficient (Wildman–Crippen LogP) is 1.93. The first-order chi connectivity index (χ1) is 16.9. The number of rotatable bonds is 4. The molecule has 4 heterocycles. The van der Waals surface area contributed by atoms with E-state index in [4.69, 9.17) is 4.42 Å². The maximum atomic E-state index is 14.0. The Morgan fingerprint density at radius 3 is 2.56 bits per heavy atom.